The van der Waals surface area contributed by atoms with Gasteiger partial charge < -0.3 is 5.32 Å². The molecule has 2 aliphatic rings. The fourth-order valence-electron chi connectivity index (χ4n) is 2.79. The van der Waals surface area contributed by atoms with Gasteiger partial charge in [-0.1, -0.05) is 19.3 Å². The summed E-state index contributed by atoms with van der Waals surface area (Å²) in [6.07, 6.45) is 7.21. The molecule has 0 atom stereocenters. The number of sulfonamides is 1. The Morgan fingerprint density at radius 3 is 2.14 bits per heavy atom. The summed E-state index contributed by atoms with van der Waals surface area (Å²) < 4.78 is 27.5. The van der Waals surface area contributed by atoms with Crippen LogP contribution in [-0.4, -0.2) is 26.4 Å². The standard InChI is InChI=1S/C16H22N2O3S/c19-16(17-13-8-9-13)12-6-10-15(11-7-12)22(20,21)18-14-4-2-1-3-5-14/h6-7,10-11,13-14,18H,1-5,8-9H2,(H,17,19). The Morgan fingerprint density at radius 2 is 1.55 bits per heavy atom. The van der Waals surface area contributed by atoms with Gasteiger partial charge in [-0.15, -0.1) is 0 Å². The second-order valence-electron chi connectivity index (χ2n) is 6.23. The molecule has 1 amide bonds. The fourth-order valence-corrected chi connectivity index (χ4v) is 4.09. The van der Waals surface area contributed by atoms with Crippen molar-refractivity contribution in [2.45, 2.75) is 61.9 Å². The number of rotatable bonds is 5. The van der Waals surface area contributed by atoms with E-state index >= 15 is 0 Å². The maximum Gasteiger partial charge on any atom is 0.251 e. The molecule has 0 saturated heterocycles. The number of carbonyl (C=O) groups excluding carboxylic acids is 1. The summed E-state index contributed by atoms with van der Waals surface area (Å²) in [6, 6.07) is 6.50. The highest BCUT2D eigenvalue weighted by atomic mass is 32.2. The second kappa shape index (κ2) is 6.38. The van der Waals surface area contributed by atoms with Crippen LogP contribution < -0.4 is 10.0 Å². The Morgan fingerprint density at radius 1 is 0.909 bits per heavy atom. The molecule has 0 spiro atoms. The lowest BCUT2D eigenvalue weighted by Gasteiger charge is -2.22. The van der Waals surface area contributed by atoms with Gasteiger partial charge in [-0.2, -0.15) is 0 Å². The van der Waals surface area contributed by atoms with Crippen molar-refractivity contribution in [1.29, 1.82) is 0 Å². The molecule has 0 aliphatic heterocycles. The lowest BCUT2D eigenvalue weighted by Crippen LogP contribution is -2.36. The summed E-state index contributed by atoms with van der Waals surface area (Å²) in [4.78, 5) is 12.1. The molecule has 22 heavy (non-hydrogen) atoms. The van der Waals surface area contributed by atoms with Crippen LogP contribution in [0, 0.1) is 0 Å². The van der Waals surface area contributed by atoms with Gasteiger partial charge in [0, 0.05) is 17.6 Å². The molecule has 1 aromatic rings. The van der Waals surface area contributed by atoms with E-state index in [1.165, 1.54) is 18.6 Å². The van der Waals surface area contributed by atoms with Crippen LogP contribution in [0.1, 0.15) is 55.3 Å². The van der Waals surface area contributed by atoms with E-state index in [0.29, 0.717) is 11.6 Å². The summed E-state index contributed by atoms with van der Waals surface area (Å²) in [5, 5.41) is 2.89. The fraction of sp³-hybridized carbons (Fsp3) is 0.562. The number of carbonyl (C=O) groups is 1. The van der Waals surface area contributed by atoms with Crippen LogP contribution in [0.4, 0.5) is 0 Å². The van der Waals surface area contributed by atoms with E-state index in [9.17, 15) is 13.2 Å². The van der Waals surface area contributed by atoms with E-state index in [-0.39, 0.29) is 16.8 Å². The molecule has 0 radical (unpaired) electrons. The largest absolute Gasteiger partial charge is 0.349 e. The minimum atomic E-state index is -3.49. The summed E-state index contributed by atoms with van der Waals surface area (Å²) in [5.41, 5.74) is 0.503. The van der Waals surface area contributed by atoms with Gasteiger partial charge >= 0.3 is 0 Å². The van der Waals surface area contributed by atoms with Crippen molar-refractivity contribution in [3.05, 3.63) is 29.8 Å². The lowest BCUT2D eigenvalue weighted by atomic mass is 9.96. The molecular weight excluding hydrogens is 300 g/mol. The third kappa shape index (κ3) is 3.87. The molecule has 120 valence electrons. The van der Waals surface area contributed by atoms with E-state index < -0.39 is 10.0 Å². The predicted molar refractivity (Wildman–Crippen MR) is 84.1 cm³/mol. The number of nitrogens with one attached hydrogen (secondary N) is 2. The first-order valence-corrected chi connectivity index (χ1v) is 9.46. The first-order valence-electron chi connectivity index (χ1n) is 7.98. The molecular formula is C16H22N2O3S. The third-order valence-electron chi connectivity index (χ3n) is 4.27. The van der Waals surface area contributed by atoms with Crippen LogP contribution in [0.15, 0.2) is 29.2 Å². The Hall–Kier alpha value is -1.40. The quantitative estimate of drug-likeness (QED) is 0.872. The van der Waals surface area contributed by atoms with Crippen LogP contribution in [0.25, 0.3) is 0 Å². The maximum atomic E-state index is 12.4. The smallest absolute Gasteiger partial charge is 0.251 e. The van der Waals surface area contributed by atoms with Gasteiger partial charge in [-0.05, 0) is 49.9 Å². The van der Waals surface area contributed by atoms with Crippen molar-refractivity contribution in [3.63, 3.8) is 0 Å². The summed E-state index contributed by atoms with van der Waals surface area (Å²) in [7, 11) is -3.49. The Balaban J connectivity index is 1.66. The minimum Gasteiger partial charge on any atom is -0.349 e. The van der Waals surface area contributed by atoms with Crippen molar-refractivity contribution in [2.75, 3.05) is 0 Å². The van der Waals surface area contributed by atoms with Gasteiger partial charge in [-0.3, -0.25) is 4.79 Å². The summed E-state index contributed by atoms with van der Waals surface area (Å²) in [6.45, 7) is 0. The lowest BCUT2D eigenvalue weighted by molar-refractivity contribution is 0.0951. The zero-order valence-electron chi connectivity index (χ0n) is 12.5. The summed E-state index contributed by atoms with van der Waals surface area (Å²) in [5.74, 6) is -0.133. The molecule has 0 aromatic heterocycles. The van der Waals surface area contributed by atoms with Crippen LogP contribution >= 0.6 is 0 Å². The SMILES string of the molecule is O=C(NC1CC1)c1ccc(S(=O)(=O)NC2CCCCC2)cc1. The van der Waals surface area contributed by atoms with Crippen molar-refractivity contribution < 1.29 is 13.2 Å². The molecule has 6 heteroatoms. The molecule has 1 aromatic carbocycles. The highest BCUT2D eigenvalue weighted by Gasteiger charge is 2.25. The van der Waals surface area contributed by atoms with Gasteiger partial charge in [0.2, 0.25) is 10.0 Å². The maximum absolute atomic E-state index is 12.4. The zero-order chi connectivity index (χ0) is 15.6. The van der Waals surface area contributed by atoms with Gasteiger partial charge in [-0.25, -0.2) is 13.1 Å². The van der Waals surface area contributed by atoms with Gasteiger partial charge in [0.25, 0.3) is 5.91 Å². The van der Waals surface area contributed by atoms with Crippen molar-refractivity contribution in [3.8, 4) is 0 Å². The average Bonchev–Trinajstić information content (AvgIpc) is 3.32. The highest BCUT2D eigenvalue weighted by molar-refractivity contribution is 7.89. The predicted octanol–water partition coefficient (Wildman–Crippen LogP) is 2.19. The van der Waals surface area contributed by atoms with E-state index in [1.54, 1.807) is 12.1 Å². The van der Waals surface area contributed by atoms with E-state index in [2.05, 4.69) is 10.0 Å². The summed E-state index contributed by atoms with van der Waals surface area (Å²) >= 11 is 0. The normalized spacial score (nSPS) is 19.8. The van der Waals surface area contributed by atoms with Crippen molar-refractivity contribution in [1.82, 2.24) is 10.0 Å². The van der Waals surface area contributed by atoms with Gasteiger partial charge in [0.1, 0.15) is 0 Å². The first-order chi connectivity index (χ1) is 10.5. The van der Waals surface area contributed by atoms with Crippen molar-refractivity contribution >= 4 is 15.9 Å². The molecule has 0 heterocycles. The Labute approximate surface area is 131 Å². The zero-order valence-corrected chi connectivity index (χ0v) is 13.4. The van der Waals surface area contributed by atoms with E-state index in [1.807, 2.05) is 0 Å². The van der Waals surface area contributed by atoms with Crippen LogP contribution in [0.2, 0.25) is 0 Å². The molecule has 0 bridgehead atoms. The molecule has 2 fully saturated rings. The Kier molecular flexibility index (Phi) is 4.49. The molecule has 0 unspecified atom stereocenters. The van der Waals surface area contributed by atoms with Crippen LogP contribution in [-0.2, 0) is 10.0 Å². The van der Waals surface area contributed by atoms with Crippen LogP contribution in [0.3, 0.4) is 0 Å². The van der Waals surface area contributed by atoms with E-state index in [0.717, 1.165) is 38.5 Å². The van der Waals surface area contributed by atoms with Crippen molar-refractivity contribution in [2.24, 2.45) is 0 Å². The molecule has 2 saturated carbocycles. The number of hydrogen-bond acceptors (Lipinski definition) is 3. The average molecular weight is 322 g/mol. The van der Waals surface area contributed by atoms with Gasteiger partial charge in [0.05, 0.1) is 4.90 Å². The van der Waals surface area contributed by atoms with E-state index in [4.69, 9.17) is 0 Å². The first kappa shape index (κ1) is 15.5. The topological polar surface area (TPSA) is 75.3 Å². The number of amides is 1. The number of hydrogen-bond donors (Lipinski definition) is 2. The monoisotopic (exact) mass is 322 g/mol. The minimum absolute atomic E-state index is 0.0385. The molecule has 2 N–H and O–H groups in total. The molecule has 3 rings (SSSR count). The number of benzene rings is 1. The molecule has 2 aliphatic carbocycles. The van der Waals surface area contributed by atoms with Gasteiger partial charge in [0.15, 0.2) is 0 Å². The highest BCUT2D eigenvalue weighted by Crippen LogP contribution is 2.21. The Bertz CT molecular complexity index is 630. The molecule has 5 nitrogen and oxygen atoms in total. The third-order valence-corrected chi connectivity index (χ3v) is 5.80. The second-order valence-corrected chi connectivity index (χ2v) is 7.94. The van der Waals surface area contributed by atoms with Crippen LogP contribution in [0.5, 0.6) is 0 Å².